The highest BCUT2D eigenvalue weighted by Crippen LogP contribution is 2.18. The maximum atomic E-state index is 12.5. The topological polar surface area (TPSA) is 88.3 Å². The van der Waals surface area contributed by atoms with Crippen LogP contribution in [0.4, 0.5) is 0 Å². The van der Waals surface area contributed by atoms with Crippen molar-refractivity contribution < 1.29 is 14.7 Å². The summed E-state index contributed by atoms with van der Waals surface area (Å²) < 4.78 is 1.55. The Morgan fingerprint density at radius 1 is 1.26 bits per heavy atom. The third-order valence-electron chi connectivity index (χ3n) is 4.07. The molecule has 120 valence electrons. The summed E-state index contributed by atoms with van der Waals surface area (Å²) in [6, 6.07) is 7.72. The second kappa shape index (κ2) is 6.20. The van der Waals surface area contributed by atoms with Gasteiger partial charge in [0.15, 0.2) is 5.69 Å². The molecule has 0 aliphatic carbocycles. The van der Waals surface area contributed by atoms with E-state index in [-0.39, 0.29) is 18.1 Å². The fourth-order valence-electron chi connectivity index (χ4n) is 2.71. The van der Waals surface area contributed by atoms with E-state index in [1.807, 2.05) is 31.2 Å². The van der Waals surface area contributed by atoms with Crippen molar-refractivity contribution >= 4 is 11.9 Å². The number of carbonyl (C=O) groups is 2. The fourth-order valence-corrected chi connectivity index (χ4v) is 2.71. The minimum Gasteiger partial charge on any atom is -0.481 e. The Morgan fingerprint density at radius 3 is 2.70 bits per heavy atom. The molecule has 1 amide bonds. The summed E-state index contributed by atoms with van der Waals surface area (Å²) in [7, 11) is 0. The molecule has 0 bridgehead atoms. The van der Waals surface area contributed by atoms with Crippen LogP contribution in [-0.2, 0) is 4.79 Å². The lowest BCUT2D eigenvalue weighted by Gasteiger charge is -2.29. The number of carbonyl (C=O) groups excluding carboxylic acids is 1. The summed E-state index contributed by atoms with van der Waals surface area (Å²) in [4.78, 5) is 25.1. The highest BCUT2D eigenvalue weighted by Gasteiger charge is 2.29. The lowest BCUT2D eigenvalue weighted by Crippen LogP contribution is -2.42. The highest BCUT2D eigenvalue weighted by atomic mass is 16.4. The quantitative estimate of drug-likeness (QED) is 0.928. The number of hydrogen-bond donors (Lipinski definition) is 1. The van der Waals surface area contributed by atoms with Gasteiger partial charge in [0.2, 0.25) is 0 Å². The van der Waals surface area contributed by atoms with Gasteiger partial charge in [0, 0.05) is 13.1 Å². The van der Waals surface area contributed by atoms with E-state index < -0.39 is 11.9 Å². The van der Waals surface area contributed by atoms with Gasteiger partial charge in [-0.05, 0) is 31.9 Å². The first-order chi connectivity index (χ1) is 11.0. The van der Waals surface area contributed by atoms with Crippen molar-refractivity contribution in [1.29, 1.82) is 0 Å². The lowest BCUT2D eigenvalue weighted by atomic mass is 9.98. The van der Waals surface area contributed by atoms with Crippen LogP contribution >= 0.6 is 0 Å². The molecule has 0 radical (unpaired) electrons. The van der Waals surface area contributed by atoms with E-state index in [9.17, 15) is 9.59 Å². The molecule has 1 atom stereocenters. The fraction of sp³-hybridized carbons (Fsp3) is 0.375. The Morgan fingerprint density at radius 2 is 2.00 bits per heavy atom. The normalized spacial score (nSPS) is 18.0. The van der Waals surface area contributed by atoms with Crippen LogP contribution in [0.5, 0.6) is 0 Å². The molecular formula is C16H18N4O3. The molecule has 0 spiro atoms. The summed E-state index contributed by atoms with van der Waals surface area (Å²) in [5.74, 6) is -1.63. The molecule has 1 aromatic heterocycles. The zero-order valence-electron chi connectivity index (χ0n) is 12.8. The van der Waals surface area contributed by atoms with E-state index in [2.05, 4.69) is 10.3 Å². The maximum absolute atomic E-state index is 12.5. The average Bonchev–Trinajstić information content (AvgIpc) is 3.05. The van der Waals surface area contributed by atoms with Gasteiger partial charge in [-0.3, -0.25) is 9.59 Å². The Balaban J connectivity index is 1.75. The first-order valence-corrected chi connectivity index (χ1v) is 7.56. The molecule has 1 saturated heterocycles. The van der Waals surface area contributed by atoms with E-state index in [1.54, 1.807) is 15.8 Å². The number of aliphatic carboxylic acids is 1. The van der Waals surface area contributed by atoms with Gasteiger partial charge in [-0.25, -0.2) is 4.68 Å². The van der Waals surface area contributed by atoms with E-state index in [0.29, 0.717) is 19.4 Å². The molecule has 2 heterocycles. The molecule has 1 N–H and O–H groups in total. The summed E-state index contributed by atoms with van der Waals surface area (Å²) in [6.07, 6.45) is 2.88. The third kappa shape index (κ3) is 3.23. The molecule has 23 heavy (non-hydrogen) atoms. The smallest absolute Gasteiger partial charge is 0.308 e. The summed E-state index contributed by atoms with van der Waals surface area (Å²) in [5.41, 5.74) is 2.19. The first-order valence-electron chi connectivity index (χ1n) is 7.56. The van der Waals surface area contributed by atoms with Gasteiger partial charge in [0.1, 0.15) is 0 Å². The number of benzene rings is 1. The standard InChI is InChI=1S/C16H18N4O3/c1-11-4-6-13(7-5-11)20-10-14(17-18-20)15(21)19-8-2-3-12(9-19)16(22)23/h4-7,10,12H,2-3,8-9H2,1H3,(H,22,23)/t12-/m1/s1. The monoisotopic (exact) mass is 314 g/mol. The minimum atomic E-state index is -0.856. The van der Waals surface area contributed by atoms with Crippen molar-refractivity contribution in [1.82, 2.24) is 19.9 Å². The van der Waals surface area contributed by atoms with Crippen molar-refractivity contribution in [2.24, 2.45) is 5.92 Å². The summed E-state index contributed by atoms with van der Waals surface area (Å²) >= 11 is 0. The molecular weight excluding hydrogens is 296 g/mol. The predicted molar refractivity (Wildman–Crippen MR) is 82.4 cm³/mol. The predicted octanol–water partition coefficient (Wildman–Crippen LogP) is 1.51. The second-order valence-corrected chi connectivity index (χ2v) is 5.81. The van der Waals surface area contributed by atoms with Gasteiger partial charge in [-0.1, -0.05) is 22.9 Å². The van der Waals surface area contributed by atoms with Crippen LogP contribution in [0, 0.1) is 12.8 Å². The van der Waals surface area contributed by atoms with Crippen molar-refractivity contribution in [2.45, 2.75) is 19.8 Å². The Hall–Kier alpha value is -2.70. The van der Waals surface area contributed by atoms with Crippen LogP contribution in [0.15, 0.2) is 30.5 Å². The second-order valence-electron chi connectivity index (χ2n) is 5.81. The number of likely N-dealkylation sites (tertiary alicyclic amines) is 1. The largest absolute Gasteiger partial charge is 0.481 e. The SMILES string of the molecule is Cc1ccc(-n2cc(C(=O)N3CCC[C@@H](C(=O)O)C3)nn2)cc1. The van der Waals surface area contributed by atoms with E-state index in [0.717, 1.165) is 11.3 Å². The van der Waals surface area contributed by atoms with E-state index >= 15 is 0 Å². The Bertz CT molecular complexity index is 723. The van der Waals surface area contributed by atoms with Gasteiger partial charge in [-0.2, -0.15) is 0 Å². The molecule has 1 aliphatic rings. The molecule has 2 aromatic rings. The highest BCUT2D eigenvalue weighted by molar-refractivity contribution is 5.92. The van der Waals surface area contributed by atoms with E-state index in [4.69, 9.17) is 5.11 Å². The molecule has 0 unspecified atom stereocenters. The number of carboxylic acids is 1. The Kier molecular flexibility index (Phi) is 4.10. The molecule has 0 saturated carbocycles. The number of amides is 1. The maximum Gasteiger partial charge on any atom is 0.308 e. The van der Waals surface area contributed by atoms with Crippen molar-refractivity contribution in [3.05, 3.63) is 41.7 Å². The number of aromatic nitrogens is 3. The average molecular weight is 314 g/mol. The number of aryl methyl sites for hydroxylation is 1. The van der Waals surface area contributed by atoms with Crippen LogP contribution in [0.2, 0.25) is 0 Å². The van der Waals surface area contributed by atoms with Crippen LogP contribution < -0.4 is 0 Å². The van der Waals surface area contributed by atoms with Crippen LogP contribution in [-0.4, -0.2) is 50.0 Å². The zero-order chi connectivity index (χ0) is 16.4. The van der Waals surface area contributed by atoms with Gasteiger partial charge in [0.05, 0.1) is 17.8 Å². The number of nitrogens with zero attached hydrogens (tertiary/aromatic N) is 4. The number of piperidine rings is 1. The Labute approximate surface area is 133 Å². The number of carboxylic acid groups (broad SMARTS) is 1. The summed E-state index contributed by atoms with van der Waals surface area (Å²) in [5, 5.41) is 17.0. The first kappa shape index (κ1) is 15.2. The van der Waals surface area contributed by atoms with Gasteiger partial charge < -0.3 is 10.0 Å². The number of hydrogen-bond acceptors (Lipinski definition) is 4. The van der Waals surface area contributed by atoms with Crippen molar-refractivity contribution in [3.8, 4) is 5.69 Å². The van der Waals surface area contributed by atoms with E-state index in [1.165, 1.54) is 0 Å². The van der Waals surface area contributed by atoms with Crippen LogP contribution in [0.3, 0.4) is 0 Å². The van der Waals surface area contributed by atoms with Gasteiger partial charge in [-0.15, -0.1) is 5.10 Å². The molecule has 1 fully saturated rings. The van der Waals surface area contributed by atoms with Crippen molar-refractivity contribution in [3.63, 3.8) is 0 Å². The molecule has 3 rings (SSSR count). The minimum absolute atomic E-state index is 0.228. The number of rotatable bonds is 3. The molecule has 1 aliphatic heterocycles. The lowest BCUT2D eigenvalue weighted by molar-refractivity contribution is -0.143. The van der Waals surface area contributed by atoms with Gasteiger partial charge in [0.25, 0.3) is 5.91 Å². The molecule has 7 nitrogen and oxygen atoms in total. The van der Waals surface area contributed by atoms with Crippen LogP contribution in [0.1, 0.15) is 28.9 Å². The van der Waals surface area contributed by atoms with Crippen molar-refractivity contribution in [2.75, 3.05) is 13.1 Å². The van der Waals surface area contributed by atoms with Gasteiger partial charge >= 0.3 is 5.97 Å². The third-order valence-corrected chi connectivity index (χ3v) is 4.07. The molecule has 7 heteroatoms. The molecule has 1 aromatic carbocycles. The zero-order valence-corrected chi connectivity index (χ0v) is 12.8. The van der Waals surface area contributed by atoms with Crippen LogP contribution in [0.25, 0.3) is 5.69 Å². The summed E-state index contributed by atoms with van der Waals surface area (Å²) in [6.45, 7) is 2.78.